The molecule has 0 atom stereocenters. The standard InChI is InChI=1S/C23H27N3O/c1-2-3-11-22-24-21-10-6-5-9-20(21)23(27)26(22)19-14-12-18(13-15-19)25-16-7-4-8-17-25/h5-6,9-10,12-15H,2-4,7-8,11,16-17H2,1H3. The number of para-hydroxylation sites is 1. The van der Waals surface area contributed by atoms with Crippen LogP contribution in [0.25, 0.3) is 16.6 Å². The highest BCUT2D eigenvalue weighted by molar-refractivity contribution is 5.77. The van der Waals surface area contributed by atoms with Gasteiger partial charge in [0.1, 0.15) is 5.82 Å². The first-order valence-electron chi connectivity index (χ1n) is 10.1. The van der Waals surface area contributed by atoms with E-state index in [-0.39, 0.29) is 5.56 Å². The van der Waals surface area contributed by atoms with Crippen LogP contribution in [-0.4, -0.2) is 22.6 Å². The second kappa shape index (κ2) is 7.95. The van der Waals surface area contributed by atoms with Crippen molar-refractivity contribution < 1.29 is 0 Å². The second-order valence-electron chi connectivity index (χ2n) is 7.35. The first-order chi connectivity index (χ1) is 13.3. The highest BCUT2D eigenvalue weighted by Crippen LogP contribution is 2.22. The van der Waals surface area contributed by atoms with Gasteiger partial charge in [0, 0.05) is 25.2 Å². The maximum Gasteiger partial charge on any atom is 0.265 e. The molecule has 1 aliphatic rings. The normalized spacial score (nSPS) is 14.6. The van der Waals surface area contributed by atoms with Gasteiger partial charge in [-0.1, -0.05) is 25.5 Å². The van der Waals surface area contributed by atoms with Crippen molar-refractivity contribution in [1.29, 1.82) is 0 Å². The third-order valence-corrected chi connectivity index (χ3v) is 5.43. The molecule has 1 aromatic heterocycles. The molecule has 4 nitrogen and oxygen atoms in total. The third kappa shape index (κ3) is 3.61. The Morgan fingerprint density at radius 2 is 1.63 bits per heavy atom. The molecule has 2 heterocycles. The number of rotatable bonds is 5. The third-order valence-electron chi connectivity index (χ3n) is 5.43. The summed E-state index contributed by atoms with van der Waals surface area (Å²) in [4.78, 5) is 20.5. The van der Waals surface area contributed by atoms with Crippen molar-refractivity contribution in [2.45, 2.75) is 45.4 Å². The van der Waals surface area contributed by atoms with E-state index >= 15 is 0 Å². The van der Waals surface area contributed by atoms with Gasteiger partial charge in [0.25, 0.3) is 5.56 Å². The number of hydrogen-bond acceptors (Lipinski definition) is 3. The first-order valence-corrected chi connectivity index (χ1v) is 10.1. The van der Waals surface area contributed by atoms with Crippen molar-refractivity contribution in [3.63, 3.8) is 0 Å². The largest absolute Gasteiger partial charge is 0.372 e. The van der Waals surface area contributed by atoms with Crippen molar-refractivity contribution in [3.8, 4) is 5.69 Å². The van der Waals surface area contributed by atoms with E-state index in [1.54, 1.807) is 4.57 Å². The van der Waals surface area contributed by atoms with Crippen LogP contribution in [0.5, 0.6) is 0 Å². The molecule has 0 unspecified atom stereocenters. The number of hydrogen-bond donors (Lipinski definition) is 0. The van der Waals surface area contributed by atoms with Gasteiger partial charge in [0.15, 0.2) is 0 Å². The summed E-state index contributed by atoms with van der Waals surface area (Å²) in [6.45, 7) is 4.41. The van der Waals surface area contributed by atoms with Crippen molar-refractivity contribution >= 4 is 16.6 Å². The van der Waals surface area contributed by atoms with Gasteiger partial charge in [0.2, 0.25) is 0 Å². The maximum absolute atomic E-state index is 13.2. The van der Waals surface area contributed by atoms with Crippen LogP contribution in [0, 0.1) is 0 Å². The maximum atomic E-state index is 13.2. The van der Waals surface area contributed by atoms with E-state index in [0.29, 0.717) is 5.39 Å². The molecule has 4 rings (SSSR count). The van der Waals surface area contributed by atoms with Gasteiger partial charge < -0.3 is 4.90 Å². The Morgan fingerprint density at radius 3 is 2.37 bits per heavy atom. The first kappa shape index (κ1) is 17.8. The summed E-state index contributed by atoms with van der Waals surface area (Å²) in [6.07, 6.45) is 6.76. The van der Waals surface area contributed by atoms with E-state index in [0.717, 1.165) is 49.4 Å². The average molecular weight is 361 g/mol. The Balaban J connectivity index is 1.77. The summed E-state index contributed by atoms with van der Waals surface area (Å²) in [7, 11) is 0. The average Bonchev–Trinajstić information content (AvgIpc) is 2.73. The summed E-state index contributed by atoms with van der Waals surface area (Å²) in [6, 6.07) is 16.1. The smallest absolute Gasteiger partial charge is 0.265 e. The van der Waals surface area contributed by atoms with Crippen LogP contribution in [0.3, 0.4) is 0 Å². The minimum absolute atomic E-state index is 0.0254. The zero-order valence-corrected chi connectivity index (χ0v) is 16.0. The number of unbranched alkanes of at least 4 members (excludes halogenated alkanes) is 1. The highest BCUT2D eigenvalue weighted by Gasteiger charge is 2.14. The number of fused-ring (bicyclic) bond motifs is 1. The molecule has 140 valence electrons. The molecule has 0 bridgehead atoms. The SMILES string of the molecule is CCCCc1nc2ccccc2c(=O)n1-c1ccc(N2CCCCC2)cc1. The van der Waals surface area contributed by atoms with Crippen molar-refractivity contribution in [3.05, 3.63) is 64.7 Å². The Hall–Kier alpha value is -2.62. The lowest BCUT2D eigenvalue weighted by Crippen LogP contribution is -2.29. The molecule has 0 aliphatic carbocycles. The molecule has 0 spiro atoms. The molecule has 4 heteroatoms. The van der Waals surface area contributed by atoms with Gasteiger partial charge in [-0.05, 0) is 62.1 Å². The lowest BCUT2D eigenvalue weighted by Gasteiger charge is -2.29. The van der Waals surface area contributed by atoms with Gasteiger partial charge in [-0.15, -0.1) is 0 Å². The molecule has 0 saturated carbocycles. The molecule has 0 N–H and O–H groups in total. The Kier molecular flexibility index (Phi) is 5.23. The number of anilines is 1. The van der Waals surface area contributed by atoms with E-state index in [1.807, 2.05) is 24.3 Å². The van der Waals surface area contributed by atoms with Gasteiger partial charge in [0.05, 0.1) is 16.6 Å². The van der Waals surface area contributed by atoms with Crippen LogP contribution in [0.15, 0.2) is 53.3 Å². The molecule has 27 heavy (non-hydrogen) atoms. The monoisotopic (exact) mass is 361 g/mol. The molecule has 1 aliphatic heterocycles. The minimum atomic E-state index is 0.0254. The van der Waals surface area contributed by atoms with Crippen LogP contribution < -0.4 is 10.5 Å². The zero-order valence-electron chi connectivity index (χ0n) is 16.0. The summed E-state index contributed by atoms with van der Waals surface area (Å²) in [5.41, 5.74) is 2.97. The molecule has 2 aromatic carbocycles. The van der Waals surface area contributed by atoms with E-state index in [2.05, 4.69) is 36.1 Å². The van der Waals surface area contributed by atoms with Crippen molar-refractivity contribution in [2.75, 3.05) is 18.0 Å². The molecular weight excluding hydrogens is 334 g/mol. The number of nitrogens with zero attached hydrogens (tertiary/aromatic N) is 3. The summed E-state index contributed by atoms with van der Waals surface area (Å²) in [5.74, 6) is 0.853. The van der Waals surface area contributed by atoms with Crippen LogP contribution in [0.2, 0.25) is 0 Å². The van der Waals surface area contributed by atoms with E-state index < -0.39 is 0 Å². The fourth-order valence-corrected chi connectivity index (χ4v) is 3.91. The predicted molar refractivity (Wildman–Crippen MR) is 112 cm³/mol. The summed E-state index contributed by atoms with van der Waals surface area (Å²) < 4.78 is 1.80. The molecule has 3 aromatic rings. The fourth-order valence-electron chi connectivity index (χ4n) is 3.91. The van der Waals surface area contributed by atoms with Crippen LogP contribution >= 0.6 is 0 Å². The van der Waals surface area contributed by atoms with E-state index in [9.17, 15) is 4.79 Å². The van der Waals surface area contributed by atoms with Crippen LogP contribution in [0.1, 0.15) is 44.9 Å². The fraction of sp³-hybridized carbons (Fsp3) is 0.391. The van der Waals surface area contributed by atoms with Crippen molar-refractivity contribution in [1.82, 2.24) is 9.55 Å². The van der Waals surface area contributed by atoms with E-state index in [4.69, 9.17) is 4.98 Å². The van der Waals surface area contributed by atoms with Crippen LogP contribution in [0.4, 0.5) is 5.69 Å². The number of aromatic nitrogens is 2. The summed E-state index contributed by atoms with van der Waals surface area (Å²) in [5, 5.41) is 0.679. The number of benzene rings is 2. The van der Waals surface area contributed by atoms with E-state index in [1.165, 1.54) is 24.9 Å². The lowest BCUT2D eigenvalue weighted by atomic mass is 10.1. The van der Waals surface area contributed by atoms with Gasteiger partial charge >= 0.3 is 0 Å². The van der Waals surface area contributed by atoms with Gasteiger partial charge in [-0.25, -0.2) is 4.98 Å². The molecular formula is C23H27N3O. The Morgan fingerprint density at radius 1 is 0.926 bits per heavy atom. The van der Waals surface area contributed by atoms with Crippen molar-refractivity contribution in [2.24, 2.45) is 0 Å². The molecule has 0 radical (unpaired) electrons. The topological polar surface area (TPSA) is 38.1 Å². The molecule has 0 amide bonds. The lowest BCUT2D eigenvalue weighted by molar-refractivity contribution is 0.578. The van der Waals surface area contributed by atoms with Crippen LogP contribution in [-0.2, 0) is 6.42 Å². The summed E-state index contributed by atoms with van der Waals surface area (Å²) >= 11 is 0. The number of aryl methyl sites for hydroxylation is 1. The molecule has 1 saturated heterocycles. The number of piperidine rings is 1. The minimum Gasteiger partial charge on any atom is -0.372 e. The Labute approximate surface area is 160 Å². The predicted octanol–water partition coefficient (Wildman–Crippen LogP) is 4.72. The Bertz CT molecular complexity index is 969. The van der Waals surface area contributed by atoms with Gasteiger partial charge in [-0.2, -0.15) is 0 Å². The zero-order chi connectivity index (χ0) is 18.6. The van der Waals surface area contributed by atoms with Gasteiger partial charge in [-0.3, -0.25) is 9.36 Å². The quantitative estimate of drug-likeness (QED) is 0.660. The second-order valence-corrected chi connectivity index (χ2v) is 7.35. The highest BCUT2D eigenvalue weighted by atomic mass is 16.1. The molecule has 1 fully saturated rings.